The Morgan fingerprint density at radius 2 is 2.31 bits per heavy atom. The van der Waals surface area contributed by atoms with Gasteiger partial charge >= 0.3 is 5.97 Å². The molecule has 0 atom stereocenters. The highest BCUT2D eigenvalue weighted by Crippen LogP contribution is 2.17. The number of aliphatic hydroxyl groups excluding tert-OH is 1. The molecule has 0 saturated heterocycles. The van der Waals surface area contributed by atoms with E-state index in [9.17, 15) is 4.79 Å². The molecule has 0 aliphatic rings. The lowest BCUT2D eigenvalue weighted by molar-refractivity contribution is 0.0600. The predicted octanol–water partition coefficient (Wildman–Crippen LogP) is 0.950. The SMILES string of the molecule is COC(=O)c1cc(Cl)nc(N(C)CCO)c1. The predicted molar refractivity (Wildman–Crippen MR) is 60.9 cm³/mol. The minimum Gasteiger partial charge on any atom is -0.465 e. The smallest absolute Gasteiger partial charge is 0.338 e. The van der Waals surface area contributed by atoms with E-state index in [1.807, 2.05) is 0 Å². The lowest BCUT2D eigenvalue weighted by Gasteiger charge is -2.17. The minimum atomic E-state index is -0.469. The average molecular weight is 245 g/mol. The standard InChI is InChI=1S/C10H13ClN2O3/c1-13(3-4-14)9-6-7(10(15)16-2)5-8(11)12-9/h5-6,14H,3-4H2,1-2H3. The number of hydrogen-bond acceptors (Lipinski definition) is 5. The number of carbonyl (C=O) groups excluding carboxylic acids is 1. The van der Waals surface area contributed by atoms with E-state index in [1.165, 1.54) is 13.2 Å². The molecule has 0 spiro atoms. The first-order valence-electron chi connectivity index (χ1n) is 4.66. The van der Waals surface area contributed by atoms with Crippen molar-refractivity contribution < 1.29 is 14.6 Å². The number of aliphatic hydroxyl groups is 1. The number of hydrogen-bond donors (Lipinski definition) is 1. The molecule has 1 aromatic rings. The summed E-state index contributed by atoms with van der Waals surface area (Å²) in [5, 5.41) is 9.01. The van der Waals surface area contributed by atoms with Crippen LogP contribution in [-0.2, 0) is 4.74 Å². The van der Waals surface area contributed by atoms with Crippen LogP contribution in [-0.4, -0.2) is 43.4 Å². The fourth-order valence-corrected chi connectivity index (χ4v) is 1.38. The molecule has 5 nitrogen and oxygen atoms in total. The van der Waals surface area contributed by atoms with Crippen LogP contribution in [0.2, 0.25) is 5.15 Å². The van der Waals surface area contributed by atoms with Gasteiger partial charge in [-0.2, -0.15) is 0 Å². The molecular weight excluding hydrogens is 232 g/mol. The first kappa shape index (κ1) is 12.7. The molecule has 0 amide bonds. The summed E-state index contributed by atoms with van der Waals surface area (Å²) in [6.45, 7) is 0.409. The number of nitrogens with zero attached hydrogens (tertiary/aromatic N) is 2. The fraction of sp³-hybridized carbons (Fsp3) is 0.400. The first-order chi connectivity index (χ1) is 7.58. The van der Waals surface area contributed by atoms with E-state index in [0.29, 0.717) is 17.9 Å². The van der Waals surface area contributed by atoms with Gasteiger partial charge in [0.2, 0.25) is 0 Å². The molecule has 0 aliphatic carbocycles. The van der Waals surface area contributed by atoms with Crippen LogP contribution >= 0.6 is 11.6 Å². The molecule has 1 rings (SSSR count). The number of anilines is 1. The Hall–Kier alpha value is -1.33. The van der Waals surface area contributed by atoms with Crippen molar-refractivity contribution in [1.29, 1.82) is 0 Å². The van der Waals surface area contributed by atoms with Crippen LogP contribution in [0.15, 0.2) is 12.1 Å². The maximum absolute atomic E-state index is 11.3. The van der Waals surface area contributed by atoms with Gasteiger partial charge in [0.05, 0.1) is 19.3 Å². The van der Waals surface area contributed by atoms with Gasteiger partial charge < -0.3 is 14.7 Å². The van der Waals surface area contributed by atoms with Gasteiger partial charge in [-0.3, -0.25) is 0 Å². The molecule has 16 heavy (non-hydrogen) atoms. The molecular formula is C10H13ClN2O3. The van der Waals surface area contributed by atoms with Crippen LogP contribution < -0.4 is 4.90 Å². The molecule has 0 aromatic carbocycles. The topological polar surface area (TPSA) is 62.7 Å². The summed E-state index contributed by atoms with van der Waals surface area (Å²) in [6.07, 6.45) is 0. The highest BCUT2D eigenvalue weighted by atomic mass is 35.5. The summed E-state index contributed by atoms with van der Waals surface area (Å²) < 4.78 is 4.59. The number of rotatable bonds is 4. The average Bonchev–Trinajstić information content (AvgIpc) is 2.27. The van der Waals surface area contributed by atoms with Gasteiger partial charge in [-0.15, -0.1) is 0 Å². The monoisotopic (exact) mass is 244 g/mol. The van der Waals surface area contributed by atoms with E-state index >= 15 is 0 Å². The molecule has 0 radical (unpaired) electrons. The normalized spacial score (nSPS) is 10.0. The molecule has 1 N–H and O–H groups in total. The van der Waals surface area contributed by atoms with Crippen LogP contribution in [0, 0.1) is 0 Å². The van der Waals surface area contributed by atoms with Crippen LogP contribution in [0.3, 0.4) is 0 Å². The third-order valence-corrected chi connectivity index (χ3v) is 2.22. The molecule has 1 aromatic heterocycles. The number of pyridine rings is 1. The Morgan fingerprint density at radius 1 is 1.62 bits per heavy atom. The Labute approximate surface area is 98.6 Å². The van der Waals surface area contributed by atoms with Gasteiger partial charge in [0.1, 0.15) is 11.0 Å². The maximum atomic E-state index is 11.3. The van der Waals surface area contributed by atoms with E-state index in [-0.39, 0.29) is 11.8 Å². The summed E-state index contributed by atoms with van der Waals surface area (Å²) in [6, 6.07) is 3.00. The number of aromatic nitrogens is 1. The van der Waals surface area contributed by atoms with Gasteiger partial charge in [0.25, 0.3) is 0 Å². The molecule has 0 unspecified atom stereocenters. The van der Waals surface area contributed by atoms with E-state index in [1.54, 1.807) is 18.0 Å². The maximum Gasteiger partial charge on any atom is 0.338 e. The Balaban J connectivity index is 3.02. The van der Waals surface area contributed by atoms with E-state index in [0.717, 1.165) is 0 Å². The van der Waals surface area contributed by atoms with E-state index in [4.69, 9.17) is 16.7 Å². The van der Waals surface area contributed by atoms with Crippen LogP contribution in [0.4, 0.5) is 5.82 Å². The van der Waals surface area contributed by atoms with Crippen molar-refractivity contribution >= 4 is 23.4 Å². The zero-order valence-corrected chi connectivity index (χ0v) is 9.86. The van der Waals surface area contributed by atoms with Crippen molar-refractivity contribution in [2.24, 2.45) is 0 Å². The third-order valence-electron chi connectivity index (χ3n) is 2.03. The van der Waals surface area contributed by atoms with E-state index < -0.39 is 5.97 Å². The molecule has 0 aliphatic heterocycles. The molecule has 0 fully saturated rings. The second-order valence-electron chi connectivity index (χ2n) is 3.17. The Morgan fingerprint density at radius 3 is 2.88 bits per heavy atom. The lowest BCUT2D eigenvalue weighted by Crippen LogP contribution is -2.22. The summed E-state index contributed by atoms with van der Waals surface area (Å²) in [7, 11) is 3.05. The third kappa shape index (κ3) is 3.08. The number of carbonyl (C=O) groups is 1. The largest absolute Gasteiger partial charge is 0.465 e. The van der Waals surface area contributed by atoms with Crippen molar-refractivity contribution in [3.63, 3.8) is 0 Å². The summed E-state index contributed by atoms with van der Waals surface area (Å²) in [4.78, 5) is 17.1. The summed E-state index contributed by atoms with van der Waals surface area (Å²) in [5.74, 6) is 0.0462. The molecule has 88 valence electrons. The number of ether oxygens (including phenoxy) is 1. The van der Waals surface area contributed by atoms with Gasteiger partial charge in [-0.05, 0) is 12.1 Å². The second-order valence-corrected chi connectivity index (χ2v) is 3.56. The van der Waals surface area contributed by atoms with Crippen LogP contribution in [0.1, 0.15) is 10.4 Å². The number of halogens is 1. The van der Waals surface area contributed by atoms with Crippen molar-refractivity contribution in [2.45, 2.75) is 0 Å². The highest BCUT2D eigenvalue weighted by molar-refractivity contribution is 6.29. The first-order valence-corrected chi connectivity index (χ1v) is 5.04. The number of likely N-dealkylation sites (N-methyl/N-ethyl adjacent to an activating group) is 1. The van der Waals surface area contributed by atoms with Crippen LogP contribution in [0.25, 0.3) is 0 Å². The van der Waals surface area contributed by atoms with Crippen molar-refractivity contribution in [1.82, 2.24) is 4.98 Å². The molecule has 0 bridgehead atoms. The van der Waals surface area contributed by atoms with Crippen molar-refractivity contribution in [3.8, 4) is 0 Å². The lowest BCUT2D eigenvalue weighted by atomic mass is 10.2. The summed E-state index contributed by atoms with van der Waals surface area (Å²) >= 11 is 5.79. The highest BCUT2D eigenvalue weighted by Gasteiger charge is 2.11. The van der Waals surface area contributed by atoms with E-state index in [2.05, 4.69) is 9.72 Å². The molecule has 0 saturated carbocycles. The summed E-state index contributed by atoms with van der Waals surface area (Å²) in [5.41, 5.74) is 0.335. The van der Waals surface area contributed by atoms with Gasteiger partial charge in [0, 0.05) is 13.6 Å². The number of methoxy groups -OCH3 is 1. The van der Waals surface area contributed by atoms with Gasteiger partial charge in [-0.1, -0.05) is 11.6 Å². The van der Waals surface area contributed by atoms with Crippen molar-refractivity contribution in [3.05, 3.63) is 22.8 Å². The van der Waals surface area contributed by atoms with Crippen LogP contribution in [0.5, 0.6) is 0 Å². The molecule has 6 heteroatoms. The Kier molecular flexibility index (Phi) is 4.52. The van der Waals surface area contributed by atoms with Gasteiger partial charge in [0.15, 0.2) is 0 Å². The fourth-order valence-electron chi connectivity index (χ4n) is 1.18. The van der Waals surface area contributed by atoms with Crippen molar-refractivity contribution in [2.75, 3.05) is 32.2 Å². The molecule has 1 heterocycles. The quantitative estimate of drug-likeness (QED) is 0.631. The second kappa shape index (κ2) is 5.67. The zero-order chi connectivity index (χ0) is 12.1. The Bertz CT molecular complexity index is 384. The number of esters is 1. The van der Waals surface area contributed by atoms with Gasteiger partial charge in [-0.25, -0.2) is 9.78 Å². The minimum absolute atomic E-state index is 0.00174. The zero-order valence-electron chi connectivity index (χ0n) is 9.11.